The first-order valence-electron chi connectivity index (χ1n) is 9.65. The molecule has 4 rings (SSSR count). The second-order valence-corrected chi connectivity index (χ2v) is 8.71. The highest BCUT2D eigenvalue weighted by Crippen LogP contribution is 2.35. The quantitative estimate of drug-likeness (QED) is 0.348. The molecule has 0 unspecified atom stereocenters. The Balaban J connectivity index is 0.000000668. The number of fused-ring (bicyclic) bond motifs is 1. The number of halogens is 4. The molecule has 2 heterocycles. The second kappa shape index (κ2) is 9.83. The van der Waals surface area contributed by atoms with Gasteiger partial charge in [0.05, 0.1) is 10.9 Å². The molecule has 1 aromatic heterocycles. The van der Waals surface area contributed by atoms with Crippen LogP contribution in [0.5, 0.6) is 0 Å². The lowest BCUT2D eigenvalue weighted by Crippen LogP contribution is -2.34. The number of hydrogen-bond donors (Lipinski definition) is 0. The summed E-state index contributed by atoms with van der Waals surface area (Å²) in [6.07, 6.45) is -2.65. The van der Waals surface area contributed by atoms with Crippen molar-refractivity contribution >= 4 is 38.2 Å². The lowest BCUT2D eigenvalue weighted by molar-refractivity contribution is -0.445. The Morgan fingerprint density at radius 3 is 2.31 bits per heavy atom. The van der Waals surface area contributed by atoms with Crippen molar-refractivity contribution in [2.75, 3.05) is 25.0 Å². The molecule has 11 heteroatoms. The van der Waals surface area contributed by atoms with Gasteiger partial charge in [0, 0.05) is 27.7 Å². The van der Waals surface area contributed by atoms with Gasteiger partial charge >= 0.3 is 6.18 Å². The monoisotopic (exact) mass is 485 g/mol. The van der Waals surface area contributed by atoms with E-state index >= 15 is 0 Å². The number of nitro groups is 1. The van der Waals surface area contributed by atoms with Gasteiger partial charge in [0.2, 0.25) is 0 Å². The fraction of sp³-hybridized carbons (Fsp3) is 0.333. The van der Waals surface area contributed by atoms with Crippen LogP contribution in [0.4, 0.5) is 18.3 Å². The summed E-state index contributed by atoms with van der Waals surface area (Å²) < 4.78 is 39.2. The standard InChI is InChI=1S/C20H16ClF3N2OS.CH3NO2/c21-15-4-1-12(2-5-15)13-7-9-26(10-8-13)19-25-18(27)16-11-14(20(22,23)24)3-6-17(16)28-19;1-2(3)4/h1-6,11,13H,7-10H2;1H3. The third kappa shape index (κ3) is 5.95. The van der Waals surface area contributed by atoms with Gasteiger partial charge in [-0.2, -0.15) is 18.2 Å². The largest absolute Gasteiger partial charge is 0.416 e. The van der Waals surface area contributed by atoms with Crippen LogP contribution in [0.25, 0.3) is 10.1 Å². The number of nitrogens with zero attached hydrogens (tertiary/aromatic N) is 3. The molecular weight excluding hydrogens is 467 g/mol. The highest BCUT2D eigenvalue weighted by atomic mass is 35.5. The summed E-state index contributed by atoms with van der Waals surface area (Å²) in [5.74, 6) is 0.417. The van der Waals surface area contributed by atoms with Crippen molar-refractivity contribution in [2.45, 2.75) is 24.9 Å². The number of benzene rings is 2. The van der Waals surface area contributed by atoms with Gasteiger partial charge in [-0.25, -0.2) is 0 Å². The van der Waals surface area contributed by atoms with Gasteiger partial charge in [-0.15, -0.1) is 0 Å². The number of piperidine rings is 1. The molecule has 1 fully saturated rings. The van der Waals surface area contributed by atoms with Gasteiger partial charge in [-0.05, 0) is 54.7 Å². The molecule has 0 saturated carbocycles. The summed E-state index contributed by atoms with van der Waals surface area (Å²) in [4.78, 5) is 26.7. The van der Waals surface area contributed by atoms with E-state index in [9.17, 15) is 18.0 Å². The summed E-state index contributed by atoms with van der Waals surface area (Å²) in [5, 5.41) is 10.1. The minimum absolute atomic E-state index is 0.0135. The van der Waals surface area contributed by atoms with Crippen LogP contribution in [0.15, 0.2) is 47.3 Å². The average molecular weight is 486 g/mol. The van der Waals surface area contributed by atoms with Gasteiger partial charge in [0.25, 0.3) is 5.56 Å². The first-order chi connectivity index (χ1) is 15.0. The van der Waals surface area contributed by atoms with Crippen LogP contribution < -0.4 is 10.5 Å². The predicted octanol–water partition coefficient (Wildman–Crippen LogP) is 5.61. The van der Waals surface area contributed by atoms with Crippen molar-refractivity contribution in [1.82, 2.24) is 4.98 Å². The minimum Gasteiger partial charge on any atom is -0.348 e. The predicted molar refractivity (Wildman–Crippen MR) is 119 cm³/mol. The zero-order valence-electron chi connectivity index (χ0n) is 16.9. The molecule has 32 heavy (non-hydrogen) atoms. The zero-order chi connectivity index (χ0) is 23.5. The molecule has 0 aliphatic carbocycles. The molecule has 0 atom stereocenters. The van der Waals surface area contributed by atoms with E-state index < -0.39 is 22.2 Å². The smallest absolute Gasteiger partial charge is 0.348 e. The number of aromatic nitrogens is 1. The number of rotatable bonds is 2. The van der Waals surface area contributed by atoms with Crippen molar-refractivity contribution in [3.8, 4) is 0 Å². The Labute approximate surface area is 190 Å². The van der Waals surface area contributed by atoms with Crippen molar-refractivity contribution in [3.63, 3.8) is 0 Å². The fourth-order valence-electron chi connectivity index (χ4n) is 3.51. The maximum atomic E-state index is 12.9. The van der Waals surface area contributed by atoms with E-state index in [0.29, 0.717) is 20.8 Å². The van der Waals surface area contributed by atoms with E-state index in [1.54, 1.807) is 0 Å². The van der Waals surface area contributed by atoms with E-state index in [0.717, 1.165) is 45.1 Å². The van der Waals surface area contributed by atoms with Crippen LogP contribution in [0.2, 0.25) is 5.02 Å². The third-order valence-electron chi connectivity index (χ3n) is 5.04. The molecule has 1 aliphatic rings. The lowest BCUT2D eigenvalue weighted by Gasteiger charge is -2.32. The molecular formula is C21H19ClF3N3O3S. The average Bonchev–Trinajstić information content (AvgIpc) is 2.73. The molecule has 0 N–H and O–H groups in total. The number of alkyl halides is 3. The number of anilines is 1. The first-order valence-corrected chi connectivity index (χ1v) is 10.8. The van der Waals surface area contributed by atoms with Crippen molar-refractivity contribution in [3.05, 3.63) is 79.1 Å². The van der Waals surface area contributed by atoms with Crippen LogP contribution in [0.1, 0.15) is 29.9 Å². The van der Waals surface area contributed by atoms with Crippen LogP contribution in [-0.4, -0.2) is 30.0 Å². The summed E-state index contributed by atoms with van der Waals surface area (Å²) >= 11 is 7.20. The maximum Gasteiger partial charge on any atom is 0.416 e. The molecule has 0 amide bonds. The fourth-order valence-corrected chi connectivity index (χ4v) is 4.66. The van der Waals surface area contributed by atoms with Crippen molar-refractivity contribution in [2.24, 2.45) is 0 Å². The maximum absolute atomic E-state index is 12.9. The van der Waals surface area contributed by atoms with Gasteiger partial charge in [-0.1, -0.05) is 35.1 Å². The second-order valence-electron chi connectivity index (χ2n) is 7.26. The number of hydrogen-bond acceptors (Lipinski definition) is 6. The Hall–Kier alpha value is -2.72. The van der Waals surface area contributed by atoms with Crippen LogP contribution in [0, 0.1) is 10.1 Å². The molecule has 170 valence electrons. The molecule has 1 aliphatic heterocycles. The molecule has 2 aromatic carbocycles. The summed E-state index contributed by atoms with van der Waals surface area (Å²) in [5.41, 5.74) is -0.208. The zero-order valence-corrected chi connectivity index (χ0v) is 18.5. The Kier molecular flexibility index (Phi) is 7.35. The van der Waals surface area contributed by atoms with E-state index in [1.165, 1.54) is 23.0 Å². The molecule has 1 saturated heterocycles. The van der Waals surface area contributed by atoms with Gasteiger partial charge < -0.3 is 4.90 Å². The van der Waals surface area contributed by atoms with Gasteiger partial charge in [0.15, 0.2) is 12.2 Å². The van der Waals surface area contributed by atoms with Crippen LogP contribution in [-0.2, 0) is 6.18 Å². The minimum atomic E-state index is -4.48. The molecule has 3 aromatic rings. The van der Waals surface area contributed by atoms with E-state index in [1.807, 2.05) is 29.2 Å². The summed E-state index contributed by atoms with van der Waals surface area (Å²) in [6, 6.07) is 11.1. The molecule has 0 bridgehead atoms. The van der Waals surface area contributed by atoms with E-state index in [2.05, 4.69) is 4.98 Å². The first kappa shape index (κ1) is 23.9. The van der Waals surface area contributed by atoms with E-state index in [4.69, 9.17) is 21.7 Å². The van der Waals surface area contributed by atoms with Crippen molar-refractivity contribution in [1.29, 1.82) is 0 Å². The Morgan fingerprint density at radius 1 is 1.16 bits per heavy atom. The van der Waals surface area contributed by atoms with E-state index in [-0.39, 0.29) is 5.39 Å². The third-order valence-corrected chi connectivity index (χ3v) is 6.40. The highest BCUT2D eigenvalue weighted by Gasteiger charge is 2.31. The van der Waals surface area contributed by atoms with Crippen LogP contribution in [0.3, 0.4) is 0 Å². The highest BCUT2D eigenvalue weighted by molar-refractivity contribution is 7.21. The van der Waals surface area contributed by atoms with Crippen LogP contribution >= 0.6 is 22.9 Å². The lowest BCUT2D eigenvalue weighted by atomic mass is 9.90. The molecule has 6 nitrogen and oxygen atoms in total. The van der Waals surface area contributed by atoms with Gasteiger partial charge in [0.1, 0.15) is 0 Å². The Bertz CT molecular complexity index is 1160. The summed E-state index contributed by atoms with van der Waals surface area (Å²) in [6.45, 7) is 1.48. The normalized spacial score (nSPS) is 14.7. The van der Waals surface area contributed by atoms with Gasteiger partial charge in [-0.3, -0.25) is 14.9 Å². The molecule has 0 radical (unpaired) electrons. The summed E-state index contributed by atoms with van der Waals surface area (Å²) in [7, 11) is 0.889. The SMILES string of the molecule is C[N+](=O)[O-].O=c1nc(N2CCC(c3ccc(Cl)cc3)CC2)sc2ccc(C(F)(F)F)cc12. The Morgan fingerprint density at radius 2 is 1.75 bits per heavy atom. The topological polar surface area (TPSA) is 76.3 Å². The molecule has 0 spiro atoms. The van der Waals surface area contributed by atoms with Crippen molar-refractivity contribution < 1.29 is 18.1 Å².